The molecule has 0 aliphatic heterocycles. The highest BCUT2D eigenvalue weighted by molar-refractivity contribution is 7.89. The predicted octanol–water partition coefficient (Wildman–Crippen LogP) is 5.44. The third-order valence-corrected chi connectivity index (χ3v) is 6.37. The lowest BCUT2D eigenvalue weighted by Crippen LogP contribution is -2.25. The highest BCUT2D eigenvalue weighted by Gasteiger charge is 2.13. The third-order valence-electron chi connectivity index (χ3n) is 4.90. The van der Waals surface area contributed by atoms with Crippen LogP contribution in [0.2, 0.25) is 0 Å². The normalized spacial score (nSPS) is 11.4. The number of hydrogen-bond donors (Lipinski definition) is 1. The molecular formula is C25H29NO3S. The van der Waals surface area contributed by atoms with E-state index in [0.29, 0.717) is 18.9 Å². The predicted molar refractivity (Wildman–Crippen MR) is 122 cm³/mol. The molecule has 0 unspecified atom stereocenters. The Hall–Kier alpha value is -2.63. The summed E-state index contributed by atoms with van der Waals surface area (Å²) in [6.07, 6.45) is 3.61. The first-order chi connectivity index (χ1) is 14.6. The molecular weight excluding hydrogens is 394 g/mol. The average Bonchev–Trinajstić information content (AvgIpc) is 2.78. The molecule has 0 bridgehead atoms. The van der Waals surface area contributed by atoms with Crippen LogP contribution in [-0.4, -0.2) is 21.6 Å². The molecule has 3 aromatic rings. The van der Waals surface area contributed by atoms with Crippen molar-refractivity contribution in [3.63, 3.8) is 0 Å². The largest absolute Gasteiger partial charge is 0.494 e. The maximum Gasteiger partial charge on any atom is 0.240 e. The van der Waals surface area contributed by atoms with Gasteiger partial charge in [0.05, 0.1) is 11.5 Å². The minimum atomic E-state index is -3.50. The number of sulfonamides is 1. The summed E-state index contributed by atoms with van der Waals surface area (Å²) >= 11 is 0. The molecule has 0 aliphatic carbocycles. The monoisotopic (exact) mass is 423 g/mol. The summed E-state index contributed by atoms with van der Waals surface area (Å²) < 4.78 is 33.2. The first kappa shape index (κ1) is 22.1. The molecule has 0 saturated heterocycles. The van der Waals surface area contributed by atoms with Crippen molar-refractivity contribution in [2.45, 2.75) is 37.5 Å². The molecule has 0 heterocycles. The molecule has 0 aliphatic rings. The van der Waals surface area contributed by atoms with Gasteiger partial charge in [-0.1, -0.05) is 67.9 Å². The minimum Gasteiger partial charge on any atom is -0.494 e. The van der Waals surface area contributed by atoms with Gasteiger partial charge in [-0.2, -0.15) is 0 Å². The van der Waals surface area contributed by atoms with E-state index in [1.165, 1.54) is 16.7 Å². The molecule has 1 N–H and O–H groups in total. The number of unbranched alkanes of at least 4 members (excludes halogenated alkanes) is 1. The molecule has 0 fully saturated rings. The van der Waals surface area contributed by atoms with Crippen molar-refractivity contribution in [1.29, 1.82) is 0 Å². The zero-order valence-electron chi connectivity index (χ0n) is 17.4. The van der Waals surface area contributed by atoms with Gasteiger partial charge in [0.2, 0.25) is 10.0 Å². The summed E-state index contributed by atoms with van der Waals surface area (Å²) in [5, 5.41) is 0. The van der Waals surface area contributed by atoms with Gasteiger partial charge in [0.25, 0.3) is 0 Å². The first-order valence-corrected chi connectivity index (χ1v) is 11.9. The summed E-state index contributed by atoms with van der Waals surface area (Å²) in [5.74, 6) is 0.696. The maximum absolute atomic E-state index is 12.5. The van der Waals surface area contributed by atoms with Crippen LogP contribution in [0.25, 0.3) is 11.1 Å². The van der Waals surface area contributed by atoms with Crippen LogP contribution in [0.1, 0.15) is 31.7 Å². The maximum atomic E-state index is 12.5. The van der Waals surface area contributed by atoms with Crippen molar-refractivity contribution in [3.8, 4) is 16.9 Å². The van der Waals surface area contributed by atoms with Crippen molar-refractivity contribution in [2.24, 2.45) is 0 Å². The second-order valence-corrected chi connectivity index (χ2v) is 9.00. The SMILES string of the molecule is CCCCOc1ccc(S(=O)(=O)NCCCc2ccc(-c3ccccc3)cc2)cc1. The summed E-state index contributed by atoms with van der Waals surface area (Å²) in [7, 11) is -3.50. The Bertz CT molecular complexity index is 999. The molecule has 0 spiro atoms. The van der Waals surface area contributed by atoms with Crippen molar-refractivity contribution in [1.82, 2.24) is 4.72 Å². The lowest BCUT2D eigenvalue weighted by atomic mass is 10.0. The molecule has 0 radical (unpaired) electrons. The Kier molecular flexibility index (Phi) is 8.05. The van der Waals surface area contributed by atoms with E-state index >= 15 is 0 Å². The summed E-state index contributed by atoms with van der Waals surface area (Å²) in [4.78, 5) is 0.262. The van der Waals surface area contributed by atoms with Gasteiger partial charge in [0.1, 0.15) is 5.75 Å². The van der Waals surface area contributed by atoms with Crippen LogP contribution in [0.15, 0.2) is 83.8 Å². The van der Waals surface area contributed by atoms with Crippen LogP contribution in [0.4, 0.5) is 0 Å². The number of ether oxygens (including phenoxy) is 1. The smallest absolute Gasteiger partial charge is 0.240 e. The van der Waals surface area contributed by atoms with Crippen molar-refractivity contribution in [2.75, 3.05) is 13.2 Å². The number of rotatable bonds is 11. The summed E-state index contributed by atoms with van der Waals surface area (Å²) in [6, 6.07) is 25.3. The van der Waals surface area contributed by atoms with Gasteiger partial charge in [-0.25, -0.2) is 13.1 Å². The molecule has 3 rings (SSSR count). The van der Waals surface area contributed by atoms with E-state index in [0.717, 1.165) is 25.7 Å². The highest BCUT2D eigenvalue weighted by atomic mass is 32.2. The van der Waals surface area contributed by atoms with Crippen LogP contribution in [0.5, 0.6) is 5.75 Å². The lowest BCUT2D eigenvalue weighted by Gasteiger charge is -2.09. The fourth-order valence-electron chi connectivity index (χ4n) is 3.13. The first-order valence-electron chi connectivity index (χ1n) is 10.5. The number of hydrogen-bond acceptors (Lipinski definition) is 3. The minimum absolute atomic E-state index is 0.262. The molecule has 4 nitrogen and oxygen atoms in total. The van der Waals surface area contributed by atoms with Gasteiger partial charge in [-0.05, 0) is 60.2 Å². The number of benzene rings is 3. The molecule has 158 valence electrons. The van der Waals surface area contributed by atoms with Crippen LogP contribution in [0.3, 0.4) is 0 Å². The van der Waals surface area contributed by atoms with Crippen molar-refractivity contribution < 1.29 is 13.2 Å². The zero-order chi connectivity index (χ0) is 21.2. The van der Waals surface area contributed by atoms with Crippen LogP contribution >= 0.6 is 0 Å². The van der Waals surface area contributed by atoms with Gasteiger partial charge in [0.15, 0.2) is 0 Å². The van der Waals surface area contributed by atoms with Crippen molar-refractivity contribution >= 4 is 10.0 Å². The Labute approximate surface area is 180 Å². The van der Waals surface area contributed by atoms with Gasteiger partial charge >= 0.3 is 0 Å². The second-order valence-electron chi connectivity index (χ2n) is 7.24. The Balaban J connectivity index is 1.46. The number of aryl methyl sites for hydroxylation is 1. The molecule has 0 atom stereocenters. The quantitative estimate of drug-likeness (QED) is 0.418. The second kappa shape index (κ2) is 11.0. The molecule has 30 heavy (non-hydrogen) atoms. The van der Waals surface area contributed by atoms with E-state index in [2.05, 4.69) is 48.0 Å². The zero-order valence-corrected chi connectivity index (χ0v) is 18.2. The van der Waals surface area contributed by atoms with Crippen LogP contribution in [0, 0.1) is 0 Å². The third kappa shape index (κ3) is 6.44. The molecule has 3 aromatic carbocycles. The van der Waals surface area contributed by atoms with E-state index in [-0.39, 0.29) is 4.90 Å². The molecule has 5 heteroatoms. The van der Waals surface area contributed by atoms with E-state index in [9.17, 15) is 8.42 Å². The molecule has 0 saturated carbocycles. The van der Waals surface area contributed by atoms with Gasteiger partial charge in [-0.15, -0.1) is 0 Å². The Morgan fingerprint density at radius 2 is 1.47 bits per heavy atom. The van der Waals surface area contributed by atoms with Gasteiger partial charge < -0.3 is 4.74 Å². The standard InChI is InChI=1S/C25H29NO3S/c1-2-3-20-29-24-15-17-25(18-16-24)30(27,28)26-19-7-8-21-11-13-23(14-12-21)22-9-5-4-6-10-22/h4-6,9-18,26H,2-3,7-8,19-20H2,1H3. The summed E-state index contributed by atoms with van der Waals surface area (Å²) in [6.45, 7) is 3.15. The average molecular weight is 424 g/mol. The van der Waals surface area contributed by atoms with E-state index in [1.807, 2.05) is 18.2 Å². The highest BCUT2D eigenvalue weighted by Crippen LogP contribution is 2.20. The van der Waals surface area contributed by atoms with Gasteiger partial charge in [-0.3, -0.25) is 0 Å². The van der Waals surface area contributed by atoms with E-state index in [4.69, 9.17) is 4.74 Å². The fraction of sp³-hybridized carbons (Fsp3) is 0.280. The molecule has 0 amide bonds. The topological polar surface area (TPSA) is 55.4 Å². The van der Waals surface area contributed by atoms with Crippen LogP contribution in [-0.2, 0) is 16.4 Å². The van der Waals surface area contributed by atoms with Crippen LogP contribution < -0.4 is 9.46 Å². The van der Waals surface area contributed by atoms with E-state index < -0.39 is 10.0 Å². The Morgan fingerprint density at radius 1 is 0.800 bits per heavy atom. The fourth-order valence-corrected chi connectivity index (χ4v) is 4.20. The van der Waals surface area contributed by atoms with Gasteiger partial charge in [0, 0.05) is 6.54 Å². The Morgan fingerprint density at radius 3 is 2.13 bits per heavy atom. The number of nitrogens with one attached hydrogen (secondary N) is 1. The summed E-state index contributed by atoms with van der Waals surface area (Å²) in [5.41, 5.74) is 3.57. The lowest BCUT2D eigenvalue weighted by molar-refractivity contribution is 0.309. The van der Waals surface area contributed by atoms with E-state index in [1.54, 1.807) is 24.3 Å². The van der Waals surface area contributed by atoms with Crippen molar-refractivity contribution in [3.05, 3.63) is 84.4 Å². The molecule has 0 aromatic heterocycles.